The predicted molar refractivity (Wildman–Crippen MR) is 158 cm³/mol. The largest absolute Gasteiger partial charge is 0.367 e. The summed E-state index contributed by atoms with van der Waals surface area (Å²) in [6.07, 6.45) is 19.0. The van der Waals surface area contributed by atoms with Gasteiger partial charge in [-0.2, -0.15) is 9.97 Å². The molecule has 0 amide bonds. The first kappa shape index (κ1) is 28.1. The molecule has 4 N–H and O–H groups in total. The third-order valence-electron chi connectivity index (χ3n) is 8.53. The van der Waals surface area contributed by atoms with E-state index >= 15 is 0 Å². The van der Waals surface area contributed by atoms with Gasteiger partial charge in [-0.15, -0.1) is 5.10 Å². The van der Waals surface area contributed by atoms with Crippen LogP contribution in [0.5, 0.6) is 0 Å². The third-order valence-corrected chi connectivity index (χ3v) is 8.53. The zero-order chi connectivity index (χ0) is 26.5. The van der Waals surface area contributed by atoms with Crippen molar-refractivity contribution < 1.29 is 0 Å². The number of hydrogen-bond acceptors (Lipinski definition) is 9. The Labute approximate surface area is 234 Å². The van der Waals surface area contributed by atoms with Gasteiger partial charge in [0.1, 0.15) is 17.3 Å². The monoisotopic (exact) mass is 538 g/mol. The average Bonchev–Trinajstić information content (AvgIpc) is 3.45. The Balaban J connectivity index is 1.06. The molecule has 2 saturated heterocycles. The van der Waals surface area contributed by atoms with E-state index < -0.39 is 0 Å². The summed E-state index contributed by atoms with van der Waals surface area (Å²) in [4.78, 5) is 12.1. The van der Waals surface area contributed by atoms with Gasteiger partial charge in [-0.1, -0.05) is 37.3 Å². The highest BCUT2D eigenvalue weighted by atomic mass is 15.4. The lowest BCUT2D eigenvalue weighted by Gasteiger charge is -2.29. The summed E-state index contributed by atoms with van der Waals surface area (Å²) in [5.74, 6) is 3.56. The van der Waals surface area contributed by atoms with Crippen LogP contribution < -0.4 is 26.2 Å². The summed E-state index contributed by atoms with van der Waals surface area (Å²) in [6, 6.07) is 2.58. The number of nitrogens with zero attached hydrogens (tertiary/aromatic N) is 6. The lowest BCUT2D eigenvalue weighted by molar-refractivity contribution is 0.330. The Kier molecular flexibility index (Phi) is 11.1. The van der Waals surface area contributed by atoms with E-state index in [1.165, 1.54) is 64.2 Å². The van der Waals surface area contributed by atoms with Gasteiger partial charge in [0.2, 0.25) is 5.95 Å². The molecule has 2 aromatic rings. The Morgan fingerprint density at radius 1 is 0.897 bits per heavy atom. The molecule has 0 bridgehead atoms. The van der Waals surface area contributed by atoms with Crippen LogP contribution in [0.3, 0.4) is 0 Å². The number of hydrogen-bond donors (Lipinski definition) is 4. The lowest BCUT2D eigenvalue weighted by Crippen LogP contribution is -2.36. The SMILES string of the molecule is c1c(NC2CCNCC2)nc(NCc2cn(CCCNCCCC3CCCCC3)nn2)nc1N1CCCCC1. The lowest BCUT2D eigenvalue weighted by atomic mass is 9.86. The van der Waals surface area contributed by atoms with Gasteiger partial charge in [0.25, 0.3) is 0 Å². The van der Waals surface area contributed by atoms with Crippen LogP contribution in [-0.2, 0) is 13.1 Å². The average molecular weight is 539 g/mol. The molecule has 10 nitrogen and oxygen atoms in total. The van der Waals surface area contributed by atoms with Crippen molar-refractivity contribution >= 4 is 17.6 Å². The minimum absolute atomic E-state index is 0.453. The van der Waals surface area contributed by atoms with Crippen molar-refractivity contribution in [2.24, 2.45) is 5.92 Å². The molecular weight excluding hydrogens is 488 g/mol. The van der Waals surface area contributed by atoms with E-state index in [1.807, 2.05) is 10.9 Å². The van der Waals surface area contributed by atoms with Gasteiger partial charge in [0.15, 0.2) is 0 Å². The Hall–Kier alpha value is -2.46. The van der Waals surface area contributed by atoms with E-state index in [4.69, 9.17) is 9.97 Å². The van der Waals surface area contributed by atoms with Gasteiger partial charge < -0.3 is 26.2 Å². The fourth-order valence-electron chi connectivity index (χ4n) is 6.23. The minimum Gasteiger partial charge on any atom is -0.367 e. The summed E-state index contributed by atoms with van der Waals surface area (Å²) in [5.41, 5.74) is 0.912. The second-order valence-corrected chi connectivity index (χ2v) is 11.7. The number of nitrogens with one attached hydrogen (secondary N) is 4. The first-order valence-electron chi connectivity index (χ1n) is 15.8. The summed E-state index contributed by atoms with van der Waals surface area (Å²) < 4.78 is 1.95. The van der Waals surface area contributed by atoms with Gasteiger partial charge in [0.05, 0.1) is 12.7 Å². The normalized spacial score (nSPS) is 19.3. The molecule has 2 aromatic heterocycles. The molecule has 3 fully saturated rings. The van der Waals surface area contributed by atoms with E-state index in [0.29, 0.717) is 18.5 Å². The molecule has 216 valence electrons. The summed E-state index contributed by atoms with van der Waals surface area (Å²) in [6.45, 7) is 7.84. The molecule has 4 heterocycles. The topological polar surface area (TPSA) is 108 Å². The summed E-state index contributed by atoms with van der Waals surface area (Å²) >= 11 is 0. The second-order valence-electron chi connectivity index (χ2n) is 11.7. The van der Waals surface area contributed by atoms with E-state index in [1.54, 1.807) is 0 Å². The Bertz CT molecular complexity index is 961. The summed E-state index contributed by atoms with van der Waals surface area (Å²) in [7, 11) is 0. The van der Waals surface area contributed by atoms with E-state index in [-0.39, 0.29) is 0 Å². The molecule has 0 spiro atoms. The predicted octanol–water partition coefficient (Wildman–Crippen LogP) is 4.17. The van der Waals surface area contributed by atoms with Crippen molar-refractivity contribution in [1.82, 2.24) is 35.6 Å². The zero-order valence-corrected chi connectivity index (χ0v) is 23.8. The van der Waals surface area contributed by atoms with E-state index in [0.717, 1.165) is 88.3 Å². The van der Waals surface area contributed by atoms with Gasteiger partial charge >= 0.3 is 0 Å². The number of anilines is 3. The highest BCUT2D eigenvalue weighted by Gasteiger charge is 2.18. The minimum atomic E-state index is 0.453. The maximum atomic E-state index is 4.87. The van der Waals surface area contributed by atoms with Gasteiger partial charge in [-0.3, -0.25) is 4.68 Å². The van der Waals surface area contributed by atoms with Crippen LogP contribution >= 0.6 is 0 Å². The van der Waals surface area contributed by atoms with Crippen molar-refractivity contribution in [3.8, 4) is 0 Å². The maximum absolute atomic E-state index is 4.87. The molecule has 0 aromatic carbocycles. The molecule has 39 heavy (non-hydrogen) atoms. The van der Waals surface area contributed by atoms with Crippen LogP contribution in [0.1, 0.15) is 89.2 Å². The van der Waals surface area contributed by atoms with Gasteiger partial charge in [-0.05, 0) is 83.5 Å². The fourth-order valence-corrected chi connectivity index (χ4v) is 6.23. The molecule has 10 heteroatoms. The molecular formula is C29H50N10. The van der Waals surface area contributed by atoms with Crippen LogP contribution in [0.4, 0.5) is 17.6 Å². The van der Waals surface area contributed by atoms with Crippen molar-refractivity contribution in [1.29, 1.82) is 0 Å². The van der Waals surface area contributed by atoms with Crippen LogP contribution in [0, 0.1) is 5.92 Å². The molecule has 0 unspecified atom stereocenters. The zero-order valence-electron chi connectivity index (χ0n) is 23.8. The molecule has 1 saturated carbocycles. The quantitative estimate of drug-likeness (QED) is 0.264. The molecule has 0 radical (unpaired) electrons. The smallest absolute Gasteiger partial charge is 0.226 e. The number of aryl methyl sites for hydroxylation is 1. The number of piperidine rings is 2. The van der Waals surface area contributed by atoms with Gasteiger partial charge in [0, 0.05) is 31.7 Å². The van der Waals surface area contributed by atoms with Crippen LogP contribution in [-0.4, -0.2) is 70.3 Å². The van der Waals surface area contributed by atoms with E-state index in [9.17, 15) is 0 Å². The first-order valence-corrected chi connectivity index (χ1v) is 15.8. The molecule has 2 aliphatic heterocycles. The maximum Gasteiger partial charge on any atom is 0.226 e. The summed E-state index contributed by atoms with van der Waals surface area (Å²) in [5, 5.41) is 22.9. The van der Waals surface area contributed by atoms with Crippen molar-refractivity contribution in [3.63, 3.8) is 0 Å². The Morgan fingerprint density at radius 3 is 2.54 bits per heavy atom. The van der Waals surface area contributed by atoms with E-state index in [2.05, 4.69) is 42.5 Å². The molecule has 1 aliphatic carbocycles. The first-order chi connectivity index (χ1) is 19.3. The van der Waals surface area contributed by atoms with Gasteiger partial charge in [-0.25, -0.2) is 0 Å². The Morgan fingerprint density at radius 2 is 1.69 bits per heavy atom. The van der Waals surface area contributed by atoms with Crippen molar-refractivity contribution in [3.05, 3.63) is 18.0 Å². The molecule has 3 aliphatic rings. The second kappa shape index (κ2) is 15.4. The standard InChI is InChI=1S/C29H50N10/c1-3-9-24(10-4-1)11-7-14-30-15-8-20-39-23-26(36-37-39)22-32-29-34-27(33-25-12-16-31-17-13-25)21-28(35-29)38-18-5-2-6-19-38/h21,23-25,30-31H,1-20,22H2,(H2,32,33,34,35). The third kappa shape index (κ3) is 9.31. The highest BCUT2D eigenvalue weighted by Crippen LogP contribution is 2.27. The van der Waals surface area contributed by atoms with Crippen molar-refractivity contribution in [2.45, 2.75) is 103 Å². The number of rotatable bonds is 14. The molecule has 5 rings (SSSR count). The van der Waals surface area contributed by atoms with Crippen LogP contribution in [0.2, 0.25) is 0 Å². The van der Waals surface area contributed by atoms with Crippen LogP contribution in [0.25, 0.3) is 0 Å². The van der Waals surface area contributed by atoms with Crippen LogP contribution in [0.15, 0.2) is 12.3 Å². The number of aromatic nitrogens is 5. The fraction of sp³-hybridized carbons (Fsp3) is 0.793. The van der Waals surface area contributed by atoms with Crippen molar-refractivity contribution in [2.75, 3.05) is 54.8 Å². The highest BCUT2D eigenvalue weighted by molar-refractivity contribution is 5.54. The molecule has 0 atom stereocenters.